The summed E-state index contributed by atoms with van der Waals surface area (Å²) < 4.78 is 3.25. The van der Waals surface area contributed by atoms with Gasteiger partial charge in [0.25, 0.3) is 0 Å². The van der Waals surface area contributed by atoms with Gasteiger partial charge in [-0.1, -0.05) is 30.2 Å². The number of anilines is 1. The Hall–Kier alpha value is -2.16. The summed E-state index contributed by atoms with van der Waals surface area (Å²) in [5.74, 6) is 0.950. The van der Waals surface area contributed by atoms with Gasteiger partial charge in [-0.05, 0) is 48.4 Å². The highest BCUT2D eigenvalue weighted by atomic mass is 32.2. The van der Waals surface area contributed by atoms with Crippen LogP contribution in [0.1, 0.15) is 36.8 Å². The molecule has 0 aliphatic heterocycles. The van der Waals surface area contributed by atoms with Gasteiger partial charge in [0.2, 0.25) is 0 Å². The Kier molecular flexibility index (Phi) is 5.62. The average Bonchev–Trinajstić information content (AvgIpc) is 3.33. The highest BCUT2D eigenvalue weighted by Crippen LogP contribution is 2.30. The van der Waals surface area contributed by atoms with Crippen LogP contribution in [0, 0.1) is 0 Å². The van der Waals surface area contributed by atoms with Gasteiger partial charge in [-0.3, -0.25) is 0 Å². The number of benzene rings is 1. The van der Waals surface area contributed by atoms with Crippen LogP contribution in [-0.4, -0.2) is 43.0 Å². The molecular formula is C22H25N5OS2. The van der Waals surface area contributed by atoms with E-state index in [4.69, 9.17) is 4.98 Å². The molecule has 0 amide bonds. The number of fused-ring (bicyclic) bond motifs is 2. The Bertz CT molecular complexity index is 1170. The molecule has 0 spiro atoms. The van der Waals surface area contributed by atoms with E-state index in [1.807, 2.05) is 12.5 Å². The minimum atomic E-state index is -0.278. The van der Waals surface area contributed by atoms with E-state index >= 15 is 0 Å². The molecule has 0 radical (unpaired) electrons. The molecule has 2 N–H and O–H groups in total. The first-order valence-corrected chi connectivity index (χ1v) is 12.5. The van der Waals surface area contributed by atoms with E-state index in [9.17, 15) is 5.11 Å². The number of nitrogens with one attached hydrogen (secondary N) is 1. The number of aliphatic hydroxyl groups excluding tert-OH is 1. The molecule has 3 heterocycles. The van der Waals surface area contributed by atoms with Gasteiger partial charge in [-0.15, -0.1) is 0 Å². The van der Waals surface area contributed by atoms with Gasteiger partial charge < -0.3 is 15.0 Å². The van der Waals surface area contributed by atoms with Crippen molar-refractivity contribution in [3.63, 3.8) is 0 Å². The van der Waals surface area contributed by atoms with Crippen LogP contribution in [0.25, 0.3) is 21.4 Å². The molecule has 1 aromatic carbocycles. The Morgan fingerprint density at radius 3 is 2.93 bits per heavy atom. The Morgan fingerprint density at radius 2 is 2.07 bits per heavy atom. The minimum Gasteiger partial charge on any atom is -0.391 e. The summed E-state index contributed by atoms with van der Waals surface area (Å²) in [7, 11) is 0. The molecule has 3 aromatic heterocycles. The monoisotopic (exact) mass is 439 g/mol. The standard InChI is InChI=1S/C22H25N5OS2/c1-29-12-15-8-18-21(23-10-15)27(13-24-18)11-14-6-7-17-20(9-14)30-22(26-17)25-16-4-2-3-5-19(16)28/h6-10,13,16,19,28H,2-5,11-12H2,1H3,(H,25,26). The molecule has 156 valence electrons. The number of nitrogens with zero attached hydrogens (tertiary/aromatic N) is 4. The van der Waals surface area contributed by atoms with Crippen molar-refractivity contribution in [3.8, 4) is 0 Å². The van der Waals surface area contributed by atoms with Gasteiger partial charge >= 0.3 is 0 Å². The van der Waals surface area contributed by atoms with Gasteiger partial charge in [-0.2, -0.15) is 11.8 Å². The van der Waals surface area contributed by atoms with Gasteiger partial charge in [0.1, 0.15) is 5.52 Å². The van der Waals surface area contributed by atoms with Crippen LogP contribution >= 0.6 is 23.1 Å². The average molecular weight is 440 g/mol. The number of imidazole rings is 1. The number of pyridine rings is 1. The van der Waals surface area contributed by atoms with Crippen molar-refractivity contribution in [2.45, 2.75) is 50.1 Å². The van der Waals surface area contributed by atoms with Gasteiger partial charge in [-0.25, -0.2) is 15.0 Å². The summed E-state index contributed by atoms with van der Waals surface area (Å²) in [4.78, 5) is 13.9. The van der Waals surface area contributed by atoms with Crippen molar-refractivity contribution in [3.05, 3.63) is 47.9 Å². The number of thioether (sulfide) groups is 1. The maximum Gasteiger partial charge on any atom is 0.184 e. The second-order valence-electron chi connectivity index (χ2n) is 7.92. The highest BCUT2D eigenvalue weighted by Gasteiger charge is 2.23. The molecule has 1 aliphatic rings. The molecule has 4 aromatic rings. The zero-order valence-corrected chi connectivity index (χ0v) is 18.5. The highest BCUT2D eigenvalue weighted by molar-refractivity contribution is 7.97. The molecule has 6 nitrogen and oxygen atoms in total. The summed E-state index contributed by atoms with van der Waals surface area (Å²) in [6, 6.07) is 8.63. The Morgan fingerprint density at radius 1 is 1.17 bits per heavy atom. The van der Waals surface area contributed by atoms with Crippen molar-refractivity contribution in [2.24, 2.45) is 0 Å². The van der Waals surface area contributed by atoms with E-state index < -0.39 is 0 Å². The summed E-state index contributed by atoms with van der Waals surface area (Å²) in [5.41, 5.74) is 5.25. The predicted octanol–water partition coefficient (Wildman–Crippen LogP) is 4.67. The molecule has 0 saturated heterocycles. The zero-order chi connectivity index (χ0) is 20.5. The topological polar surface area (TPSA) is 75.9 Å². The normalized spacial score (nSPS) is 19.5. The van der Waals surface area contributed by atoms with E-state index in [2.05, 4.69) is 50.4 Å². The lowest BCUT2D eigenvalue weighted by molar-refractivity contribution is 0.116. The van der Waals surface area contributed by atoms with Crippen LogP contribution in [0.3, 0.4) is 0 Å². The first-order valence-electron chi connectivity index (χ1n) is 10.3. The first-order chi connectivity index (χ1) is 14.7. The van der Waals surface area contributed by atoms with E-state index in [0.29, 0.717) is 0 Å². The third-order valence-corrected chi connectivity index (χ3v) is 7.24. The van der Waals surface area contributed by atoms with E-state index in [1.54, 1.807) is 23.1 Å². The quantitative estimate of drug-likeness (QED) is 0.455. The summed E-state index contributed by atoms with van der Waals surface area (Å²) in [6.45, 7) is 0.726. The second kappa shape index (κ2) is 8.53. The van der Waals surface area contributed by atoms with Crippen LogP contribution in [0.15, 0.2) is 36.8 Å². The molecule has 2 atom stereocenters. The number of hydrogen-bond donors (Lipinski definition) is 2. The van der Waals surface area contributed by atoms with Crippen molar-refractivity contribution in [1.29, 1.82) is 0 Å². The lowest BCUT2D eigenvalue weighted by Crippen LogP contribution is -2.36. The maximum atomic E-state index is 10.2. The SMILES string of the molecule is CSCc1cnc2c(c1)ncn2Cc1ccc2nc(NC3CCCCC3O)sc2c1. The van der Waals surface area contributed by atoms with Crippen molar-refractivity contribution >= 4 is 49.6 Å². The third kappa shape index (κ3) is 4.04. The van der Waals surface area contributed by atoms with Crippen LogP contribution in [0.5, 0.6) is 0 Å². The summed E-state index contributed by atoms with van der Waals surface area (Å²) >= 11 is 3.44. The molecule has 1 aliphatic carbocycles. The molecule has 1 fully saturated rings. The van der Waals surface area contributed by atoms with Crippen LogP contribution in [0.4, 0.5) is 5.13 Å². The van der Waals surface area contributed by atoms with Crippen LogP contribution < -0.4 is 5.32 Å². The molecular weight excluding hydrogens is 414 g/mol. The Balaban J connectivity index is 1.35. The van der Waals surface area contributed by atoms with Crippen molar-refractivity contribution in [1.82, 2.24) is 19.5 Å². The van der Waals surface area contributed by atoms with E-state index in [1.165, 1.54) is 11.1 Å². The minimum absolute atomic E-state index is 0.109. The lowest BCUT2D eigenvalue weighted by Gasteiger charge is -2.27. The zero-order valence-electron chi connectivity index (χ0n) is 16.9. The fraction of sp³-hybridized carbons (Fsp3) is 0.409. The number of rotatable bonds is 6. The first kappa shape index (κ1) is 19.8. The molecule has 30 heavy (non-hydrogen) atoms. The van der Waals surface area contributed by atoms with Gasteiger partial charge in [0.05, 0.1) is 35.2 Å². The van der Waals surface area contributed by atoms with Crippen LogP contribution in [0.2, 0.25) is 0 Å². The summed E-state index contributed by atoms with van der Waals surface area (Å²) in [6.07, 6.45) is 9.78. The lowest BCUT2D eigenvalue weighted by atomic mass is 9.93. The number of aromatic nitrogens is 4. The molecule has 1 saturated carbocycles. The molecule has 5 rings (SSSR count). The van der Waals surface area contributed by atoms with Crippen molar-refractivity contribution < 1.29 is 5.11 Å². The largest absolute Gasteiger partial charge is 0.391 e. The molecule has 2 unspecified atom stereocenters. The smallest absolute Gasteiger partial charge is 0.184 e. The van der Waals surface area contributed by atoms with E-state index in [0.717, 1.165) is 64.5 Å². The van der Waals surface area contributed by atoms with Gasteiger partial charge in [0, 0.05) is 11.9 Å². The van der Waals surface area contributed by atoms with Crippen LogP contribution in [-0.2, 0) is 12.3 Å². The number of thiazole rings is 1. The third-order valence-electron chi connectivity index (χ3n) is 5.67. The predicted molar refractivity (Wildman–Crippen MR) is 125 cm³/mol. The van der Waals surface area contributed by atoms with E-state index in [-0.39, 0.29) is 12.1 Å². The Labute approximate surface area is 183 Å². The molecule has 8 heteroatoms. The molecule has 0 bridgehead atoms. The number of aliphatic hydroxyl groups is 1. The van der Waals surface area contributed by atoms with Gasteiger partial charge in [0.15, 0.2) is 10.8 Å². The maximum absolute atomic E-state index is 10.2. The fourth-order valence-corrected chi connectivity index (χ4v) is 5.60. The van der Waals surface area contributed by atoms with Crippen molar-refractivity contribution in [2.75, 3.05) is 11.6 Å². The summed E-state index contributed by atoms with van der Waals surface area (Å²) in [5, 5.41) is 14.6. The fourth-order valence-electron chi connectivity index (χ4n) is 4.12. The number of hydrogen-bond acceptors (Lipinski definition) is 7. The second-order valence-corrected chi connectivity index (χ2v) is 9.81.